The molecule has 2 N–H and O–H groups in total. The minimum absolute atomic E-state index is 0.172. The van der Waals surface area contributed by atoms with Crippen LogP contribution >= 0.6 is 0 Å². The second-order valence-corrected chi connectivity index (χ2v) is 5.41. The van der Waals surface area contributed by atoms with E-state index in [2.05, 4.69) is 31.0 Å². The monoisotopic (exact) mass is 244 g/mol. The van der Waals surface area contributed by atoms with Crippen molar-refractivity contribution >= 4 is 5.97 Å². The number of carboxylic acid groups (broad SMARTS) is 1. The Hall–Kier alpha value is -0.610. The van der Waals surface area contributed by atoms with Crippen LogP contribution in [0, 0.1) is 0 Å². The first-order valence-electron chi connectivity index (χ1n) is 6.48. The van der Waals surface area contributed by atoms with Crippen molar-refractivity contribution in [2.75, 3.05) is 13.1 Å². The molecular formula is C13H28N2O2. The average Bonchev–Trinajstić information content (AvgIpc) is 2.16. The van der Waals surface area contributed by atoms with E-state index in [1.807, 2.05) is 13.8 Å². The molecule has 0 radical (unpaired) electrons. The summed E-state index contributed by atoms with van der Waals surface area (Å²) >= 11 is 0. The number of nitrogens with zero attached hydrogens (tertiary/aromatic N) is 1. The number of carboxylic acids is 1. The van der Waals surface area contributed by atoms with Gasteiger partial charge in [0.1, 0.15) is 5.54 Å². The molecule has 4 nitrogen and oxygen atoms in total. The molecule has 0 aliphatic rings. The van der Waals surface area contributed by atoms with Crippen molar-refractivity contribution in [1.29, 1.82) is 0 Å². The molecule has 102 valence electrons. The van der Waals surface area contributed by atoms with Crippen LogP contribution in [0.5, 0.6) is 0 Å². The van der Waals surface area contributed by atoms with Crippen LogP contribution in [0.2, 0.25) is 0 Å². The van der Waals surface area contributed by atoms with Crippen molar-refractivity contribution in [2.24, 2.45) is 0 Å². The molecule has 0 fully saturated rings. The van der Waals surface area contributed by atoms with Gasteiger partial charge in [-0.05, 0) is 47.6 Å². The van der Waals surface area contributed by atoms with Gasteiger partial charge >= 0.3 is 5.97 Å². The second kappa shape index (κ2) is 6.97. The predicted molar refractivity (Wildman–Crippen MR) is 71.3 cm³/mol. The van der Waals surface area contributed by atoms with E-state index in [0.29, 0.717) is 12.5 Å². The van der Waals surface area contributed by atoms with Crippen LogP contribution < -0.4 is 5.32 Å². The molecule has 0 amide bonds. The van der Waals surface area contributed by atoms with Crippen LogP contribution in [0.25, 0.3) is 0 Å². The number of aliphatic carboxylic acids is 1. The number of hydrogen-bond acceptors (Lipinski definition) is 3. The zero-order valence-electron chi connectivity index (χ0n) is 12.1. The first-order valence-corrected chi connectivity index (χ1v) is 6.48. The van der Waals surface area contributed by atoms with Gasteiger partial charge in [-0.25, -0.2) is 0 Å². The normalized spacial score (nSPS) is 15.6. The first kappa shape index (κ1) is 16.4. The Balaban J connectivity index is 4.50. The Kier molecular flexibility index (Phi) is 6.72. The van der Waals surface area contributed by atoms with Crippen LogP contribution in [-0.4, -0.2) is 46.7 Å². The van der Waals surface area contributed by atoms with Gasteiger partial charge in [-0.1, -0.05) is 6.92 Å². The summed E-state index contributed by atoms with van der Waals surface area (Å²) in [6.07, 6.45) is 0.618. The van der Waals surface area contributed by atoms with E-state index in [4.69, 9.17) is 0 Å². The lowest BCUT2D eigenvalue weighted by molar-refractivity contribution is -0.145. The topological polar surface area (TPSA) is 52.6 Å². The SMILES string of the molecule is CCN(CCC(C)(NC(C)C)C(=O)O)C(C)C. The molecule has 0 aliphatic heterocycles. The Morgan fingerprint density at radius 2 is 1.88 bits per heavy atom. The molecule has 0 saturated carbocycles. The maximum absolute atomic E-state index is 11.3. The van der Waals surface area contributed by atoms with Gasteiger partial charge in [0.2, 0.25) is 0 Å². The fourth-order valence-corrected chi connectivity index (χ4v) is 2.03. The van der Waals surface area contributed by atoms with Crippen molar-refractivity contribution in [3.8, 4) is 0 Å². The van der Waals surface area contributed by atoms with E-state index in [1.54, 1.807) is 6.92 Å². The van der Waals surface area contributed by atoms with Crippen molar-refractivity contribution in [1.82, 2.24) is 10.2 Å². The van der Waals surface area contributed by atoms with Crippen molar-refractivity contribution < 1.29 is 9.90 Å². The van der Waals surface area contributed by atoms with Crippen LogP contribution in [0.1, 0.15) is 48.0 Å². The average molecular weight is 244 g/mol. The number of nitrogens with one attached hydrogen (secondary N) is 1. The third kappa shape index (κ3) is 5.50. The molecule has 0 bridgehead atoms. The van der Waals surface area contributed by atoms with Crippen LogP contribution in [0.15, 0.2) is 0 Å². The molecule has 0 aromatic carbocycles. The van der Waals surface area contributed by atoms with Gasteiger partial charge < -0.3 is 10.0 Å². The van der Waals surface area contributed by atoms with Crippen molar-refractivity contribution in [2.45, 2.75) is 65.6 Å². The van der Waals surface area contributed by atoms with E-state index in [-0.39, 0.29) is 6.04 Å². The quantitative estimate of drug-likeness (QED) is 0.685. The lowest BCUT2D eigenvalue weighted by Gasteiger charge is -2.32. The largest absolute Gasteiger partial charge is 0.480 e. The van der Waals surface area contributed by atoms with E-state index in [0.717, 1.165) is 13.1 Å². The van der Waals surface area contributed by atoms with E-state index >= 15 is 0 Å². The minimum Gasteiger partial charge on any atom is -0.480 e. The summed E-state index contributed by atoms with van der Waals surface area (Å²) in [6.45, 7) is 13.8. The van der Waals surface area contributed by atoms with E-state index in [1.165, 1.54) is 0 Å². The fraction of sp³-hybridized carbons (Fsp3) is 0.923. The first-order chi connectivity index (χ1) is 7.73. The highest BCUT2D eigenvalue weighted by Gasteiger charge is 2.33. The number of hydrogen-bond donors (Lipinski definition) is 2. The van der Waals surface area contributed by atoms with Gasteiger partial charge in [0, 0.05) is 18.6 Å². The molecule has 17 heavy (non-hydrogen) atoms. The lowest BCUT2D eigenvalue weighted by atomic mass is 9.96. The Bertz CT molecular complexity index is 242. The van der Waals surface area contributed by atoms with Gasteiger partial charge in [-0.3, -0.25) is 10.1 Å². The van der Waals surface area contributed by atoms with Gasteiger partial charge in [0.25, 0.3) is 0 Å². The highest BCUT2D eigenvalue weighted by Crippen LogP contribution is 2.13. The molecule has 0 aromatic rings. The molecule has 0 saturated heterocycles. The predicted octanol–water partition coefficient (Wildman–Crippen LogP) is 1.95. The summed E-state index contributed by atoms with van der Waals surface area (Å²) in [7, 11) is 0. The summed E-state index contributed by atoms with van der Waals surface area (Å²) in [4.78, 5) is 13.6. The van der Waals surface area contributed by atoms with Crippen LogP contribution in [0.4, 0.5) is 0 Å². The fourth-order valence-electron chi connectivity index (χ4n) is 2.03. The summed E-state index contributed by atoms with van der Waals surface area (Å²) in [5.41, 5.74) is -0.837. The Morgan fingerprint density at radius 3 is 2.18 bits per heavy atom. The third-order valence-corrected chi connectivity index (χ3v) is 3.11. The van der Waals surface area contributed by atoms with Gasteiger partial charge in [-0.2, -0.15) is 0 Å². The van der Waals surface area contributed by atoms with Gasteiger partial charge in [-0.15, -0.1) is 0 Å². The van der Waals surface area contributed by atoms with Crippen molar-refractivity contribution in [3.63, 3.8) is 0 Å². The van der Waals surface area contributed by atoms with Crippen LogP contribution in [-0.2, 0) is 4.79 Å². The zero-order chi connectivity index (χ0) is 13.6. The molecule has 0 aromatic heterocycles. The van der Waals surface area contributed by atoms with E-state index < -0.39 is 11.5 Å². The summed E-state index contributed by atoms with van der Waals surface area (Å²) < 4.78 is 0. The lowest BCUT2D eigenvalue weighted by Crippen LogP contribution is -2.54. The molecular weight excluding hydrogens is 216 g/mol. The van der Waals surface area contributed by atoms with Crippen molar-refractivity contribution in [3.05, 3.63) is 0 Å². The molecule has 0 heterocycles. The minimum atomic E-state index is -0.837. The zero-order valence-corrected chi connectivity index (χ0v) is 12.1. The number of rotatable bonds is 8. The van der Waals surface area contributed by atoms with E-state index in [9.17, 15) is 9.90 Å². The highest BCUT2D eigenvalue weighted by molar-refractivity contribution is 5.78. The molecule has 0 rings (SSSR count). The maximum Gasteiger partial charge on any atom is 0.323 e. The smallest absolute Gasteiger partial charge is 0.323 e. The van der Waals surface area contributed by atoms with Gasteiger partial charge in [0.15, 0.2) is 0 Å². The highest BCUT2D eigenvalue weighted by atomic mass is 16.4. The summed E-state index contributed by atoms with van der Waals surface area (Å²) in [5, 5.41) is 12.5. The maximum atomic E-state index is 11.3. The second-order valence-electron chi connectivity index (χ2n) is 5.41. The molecule has 0 aliphatic carbocycles. The molecule has 1 atom stereocenters. The van der Waals surface area contributed by atoms with Crippen LogP contribution in [0.3, 0.4) is 0 Å². The standard InChI is InChI=1S/C13H28N2O2/c1-7-15(11(4)5)9-8-13(6,12(16)17)14-10(2)3/h10-11,14H,7-9H2,1-6H3,(H,16,17). The van der Waals surface area contributed by atoms with Gasteiger partial charge in [0.05, 0.1) is 0 Å². The Labute approximate surface area is 105 Å². The molecule has 0 spiro atoms. The number of carbonyl (C=O) groups is 1. The molecule has 4 heteroatoms. The molecule has 1 unspecified atom stereocenters. The Morgan fingerprint density at radius 1 is 1.35 bits per heavy atom. The summed E-state index contributed by atoms with van der Waals surface area (Å²) in [5.74, 6) is -0.772. The summed E-state index contributed by atoms with van der Waals surface area (Å²) in [6, 6.07) is 0.627. The third-order valence-electron chi connectivity index (χ3n) is 3.11.